The number of hydrogen-bond acceptors (Lipinski definition) is 3. The minimum absolute atomic E-state index is 0.154. The smallest absolute Gasteiger partial charge is 0.145 e. The molecule has 1 atom stereocenters. The van der Waals surface area contributed by atoms with Gasteiger partial charge in [-0.05, 0) is 12.8 Å². The lowest BCUT2D eigenvalue weighted by molar-refractivity contribution is 0.0918. The first-order chi connectivity index (χ1) is 5.36. The van der Waals surface area contributed by atoms with E-state index >= 15 is 0 Å². The maximum atomic E-state index is 5.43. The number of nitrogens with two attached hydrogens (primary N) is 1. The van der Waals surface area contributed by atoms with Gasteiger partial charge in [-0.1, -0.05) is 18.5 Å². The van der Waals surface area contributed by atoms with Crippen LogP contribution in [-0.2, 0) is 4.84 Å². The van der Waals surface area contributed by atoms with Gasteiger partial charge in [0.25, 0.3) is 0 Å². The zero-order valence-corrected chi connectivity index (χ0v) is 7.05. The second-order valence-electron chi connectivity index (χ2n) is 2.93. The van der Waals surface area contributed by atoms with Crippen molar-refractivity contribution in [1.82, 2.24) is 0 Å². The first-order valence-electron chi connectivity index (χ1n) is 4.28. The maximum absolute atomic E-state index is 5.43. The highest BCUT2D eigenvalue weighted by Crippen LogP contribution is 2.13. The van der Waals surface area contributed by atoms with Crippen molar-refractivity contribution >= 4 is 5.71 Å². The van der Waals surface area contributed by atoms with Gasteiger partial charge in [0.2, 0.25) is 0 Å². The van der Waals surface area contributed by atoms with E-state index in [1.54, 1.807) is 0 Å². The van der Waals surface area contributed by atoms with Gasteiger partial charge in [0.15, 0.2) is 0 Å². The molecule has 0 aliphatic carbocycles. The van der Waals surface area contributed by atoms with Crippen molar-refractivity contribution in [1.29, 1.82) is 0 Å². The van der Waals surface area contributed by atoms with Crippen LogP contribution in [0.2, 0.25) is 0 Å². The highest BCUT2D eigenvalue weighted by Gasteiger charge is 2.18. The van der Waals surface area contributed by atoms with E-state index < -0.39 is 0 Å². The van der Waals surface area contributed by atoms with Gasteiger partial charge in [0.05, 0.1) is 5.71 Å². The van der Waals surface area contributed by atoms with Crippen LogP contribution in [0.15, 0.2) is 5.16 Å². The quantitative estimate of drug-likeness (QED) is 0.666. The zero-order chi connectivity index (χ0) is 8.10. The van der Waals surface area contributed by atoms with Crippen LogP contribution >= 0.6 is 0 Å². The molecular weight excluding hydrogens is 140 g/mol. The number of unbranched alkanes of at least 4 members (excludes halogenated alkanes) is 1. The average molecular weight is 156 g/mol. The SMILES string of the molecule is CCCCC1=NOC(CN)C1. The molecule has 0 fully saturated rings. The van der Waals surface area contributed by atoms with Crippen LogP contribution in [0.1, 0.15) is 32.6 Å². The Bertz CT molecular complexity index is 145. The summed E-state index contributed by atoms with van der Waals surface area (Å²) in [5.41, 5.74) is 6.61. The van der Waals surface area contributed by atoms with Gasteiger partial charge in [0.1, 0.15) is 6.10 Å². The topological polar surface area (TPSA) is 47.6 Å². The van der Waals surface area contributed by atoms with E-state index in [9.17, 15) is 0 Å². The van der Waals surface area contributed by atoms with Gasteiger partial charge in [-0.25, -0.2) is 0 Å². The highest BCUT2D eigenvalue weighted by atomic mass is 16.6. The Labute approximate surface area is 67.6 Å². The lowest BCUT2D eigenvalue weighted by Crippen LogP contribution is -2.19. The Hall–Kier alpha value is -0.570. The van der Waals surface area contributed by atoms with Crippen LogP contribution < -0.4 is 5.73 Å². The summed E-state index contributed by atoms with van der Waals surface area (Å²) in [6.07, 6.45) is 4.59. The van der Waals surface area contributed by atoms with Crippen LogP contribution in [0.3, 0.4) is 0 Å². The van der Waals surface area contributed by atoms with Crippen molar-refractivity contribution in [2.45, 2.75) is 38.7 Å². The maximum Gasteiger partial charge on any atom is 0.145 e. The molecule has 0 radical (unpaired) electrons. The summed E-state index contributed by atoms with van der Waals surface area (Å²) < 4.78 is 0. The molecule has 1 rings (SSSR count). The zero-order valence-electron chi connectivity index (χ0n) is 7.05. The lowest BCUT2D eigenvalue weighted by atomic mass is 10.1. The van der Waals surface area contributed by atoms with Gasteiger partial charge in [-0.15, -0.1) is 0 Å². The molecule has 0 saturated heterocycles. The van der Waals surface area contributed by atoms with Crippen molar-refractivity contribution in [2.24, 2.45) is 10.9 Å². The van der Waals surface area contributed by atoms with E-state index in [0.29, 0.717) is 6.54 Å². The lowest BCUT2D eigenvalue weighted by Gasteiger charge is -2.01. The van der Waals surface area contributed by atoms with Crippen LogP contribution in [0.25, 0.3) is 0 Å². The molecule has 2 N–H and O–H groups in total. The Kier molecular flexibility index (Phi) is 3.36. The van der Waals surface area contributed by atoms with Crippen molar-refractivity contribution in [3.8, 4) is 0 Å². The van der Waals surface area contributed by atoms with Gasteiger partial charge in [-0.3, -0.25) is 0 Å². The van der Waals surface area contributed by atoms with Crippen LogP contribution in [0.4, 0.5) is 0 Å². The molecule has 0 saturated carbocycles. The molecule has 0 bridgehead atoms. The van der Waals surface area contributed by atoms with Crippen LogP contribution in [-0.4, -0.2) is 18.4 Å². The van der Waals surface area contributed by atoms with Gasteiger partial charge in [0, 0.05) is 13.0 Å². The van der Waals surface area contributed by atoms with Gasteiger partial charge >= 0.3 is 0 Å². The number of rotatable bonds is 4. The second-order valence-corrected chi connectivity index (χ2v) is 2.93. The summed E-state index contributed by atoms with van der Waals surface area (Å²) in [4.78, 5) is 5.07. The fourth-order valence-electron chi connectivity index (χ4n) is 1.14. The fourth-order valence-corrected chi connectivity index (χ4v) is 1.14. The van der Waals surface area contributed by atoms with E-state index in [1.165, 1.54) is 18.6 Å². The Morgan fingerprint density at radius 1 is 1.73 bits per heavy atom. The fraction of sp³-hybridized carbons (Fsp3) is 0.875. The molecule has 11 heavy (non-hydrogen) atoms. The monoisotopic (exact) mass is 156 g/mol. The van der Waals surface area contributed by atoms with E-state index in [-0.39, 0.29) is 6.10 Å². The first-order valence-corrected chi connectivity index (χ1v) is 4.28. The Morgan fingerprint density at radius 3 is 3.09 bits per heavy atom. The van der Waals surface area contributed by atoms with E-state index in [0.717, 1.165) is 12.8 Å². The minimum atomic E-state index is 0.154. The van der Waals surface area contributed by atoms with Crippen molar-refractivity contribution in [3.05, 3.63) is 0 Å². The number of oxime groups is 1. The molecule has 1 aliphatic rings. The third-order valence-electron chi connectivity index (χ3n) is 1.88. The molecule has 3 heteroatoms. The molecule has 0 spiro atoms. The first kappa shape index (κ1) is 8.53. The minimum Gasteiger partial charge on any atom is -0.391 e. The Morgan fingerprint density at radius 2 is 2.55 bits per heavy atom. The Balaban J connectivity index is 2.17. The van der Waals surface area contributed by atoms with Gasteiger partial charge in [-0.2, -0.15) is 0 Å². The molecule has 1 aliphatic heterocycles. The summed E-state index contributed by atoms with van der Waals surface area (Å²) in [7, 11) is 0. The molecule has 0 aromatic rings. The van der Waals surface area contributed by atoms with Crippen LogP contribution in [0.5, 0.6) is 0 Å². The van der Waals surface area contributed by atoms with Crippen molar-refractivity contribution < 1.29 is 4.84 Å². The summed E-state index contributed by atoms with van der Waals surface area (Å²) >= 11 is 0. The van der Waals surface area contributed by atoms with E-state index in [4.69, 9.17) is 10.6 Å². The molecule has 0 aromatic heterocycles. The number of nitrogens with zero attached hydrogens (tertiary/aromatic N) is 1. The summed E-state index contributed by atoms with van der Waals surface area (Å²) in [5.74, 6) is 0. The molecule has 0 amide bonds. The molecule has 1 unspecified atom stereocenters. The summed E-state index contributed by atoms with van der Waals surface area (Å²) in [5, 5.41) is 3.96. The standard InChI is InChI=1S/C8H16N2O/c1-2-3-4-7-5-8(6-9)11-10-7/h8H,2-6,9H2,1H3. The second kappa shape index (κ2) is 4.34. The molecular formula is C8H16N2O. The summed E-state index contributed by atoms with van der Waals surface area (Å²) in [6.45, 7) is 2.76. The van der Waals surface area contributed by atoms with Crippen molar-refractivity contribution in [3.63, 3.8) is 0 Å². The molecule has 1 heterocycles. The molecule has 64 valence electrons. The normalized spacial score (nSPS) is 23.1. The number of hydrogen-bond donors (Lipinski definition) is 1. The largest absolute Gasteiger partial charge is 0.391 e. The van der Waals surface area contributed by atoms with Crippen LogP contribution in [0, 0.1) is 0 Å². The molecule has 0 aromatic carbocycles. The third kappa shape index (κ3) is 2.50. The van der Waals surface area contributed by atoms with E-state index in [1.807, 2.05) is 0 Å². The van der Waals surface area contributed by atoms with Gasteiger partial charge < -0.3 is 10.6 Å². The van der Waals surface area contributed by atoms with Crippen molar-refractivity contribution in [2.75, 3.05) is 6.54 Å². The highest BCUT2D eigenvalue weighted by molar-refractivity contribution is 5.85. The predicted octanol–water partition coefficient (Wildman–Crippen LogP) is 1.28. The molecule has 3 nitrogen and oxygen atoms in total. The predicted molar refractivity (Wildman–Crippen MR) is 45.5 cm³/mol. The average Bonchev–Trinajstić information content (AvgIpc) is 2.48. The summed E-state index contributed by atoms with van der Waals surface area (Å²) in [6, 6.07) is 0. The van der Waals surface area contributed by atoms with E-state index in [2.05, 4.69) is 12.1 Å². The third-order valence-corrected chi connectivity index (χ3v) is 1.88.